The second-order valence-corrected chi connectivity index (χ2v) is 6.49. The van der Waals surface area contributed by atoms with Crippen LogP contribution < -0.4 is 5.32 Å². The molecule has 1 heterocycles. The van der Waals surface area contributed by atoms with Crippen molar-refractivity contribution in [2.24, 2.45) is 0 Å². The molecule has 0 saturated carbocycles. The van der Waals surface area contributed by atoms with Gasteiger partial charge in [0, 0.05) is 27.8 Å². The predicted molar refractivity (Wildman–Crippen MR) is 91.9 cm³/mol. The summed E-state index contributed by atoms with van der Waals surface area (Å²) in [6, 6.07) is 2.17. The molecule has 0 radical (unpaired) electrons. The number of nitrogens with zero attached hydrogens (tertiary/aromatic N) is 1. The summed E-state index contributed by atoms with van der Waals surface area (Å²) in [6.07, 6.45) is 0. The fraction of sp³-hybridized carbons (Fsp3) is 0.471. The molecule has 0 aliphatic carbocycles. The van der Waals surface area contributed by atoms with Gasteiger partial charge in [0.05, 0.1) is 5.52 Å². The van der Waals surface area contributed by atoms with E-state index in [-0.39, 0.29) is 0 Å². The Kier molecular flexibility index (Phi) is 4.38. The van der Waals surface area contributed by atoms with Gasteiger partial charge in [-0.3, -0.25) is 4.98 Å². The van der Waals surface area contributed by atoms with Gasteiger partial charge in [-0.2, -0.15) is 0 Å². The highest BCUT2D eigenvalue weighted by Crippen LogP contribution is 2.38. The summed E-state index contributed by atoms with van der Waals surface area (Å²) in [5.41, 5.74) is 7.30. The lowest BCUT2D eigenvalue weighted by molar-refractivity contribution is 0.847. The third-order valence-electron chi connectivity index (χ3n) is 3.79. The number of fused-ring (bicyclic) bond motifs is 1. The Balaban J connectivity index is 2.96. The Bertz CT molecular complexity index is 660. The maximum Gasteiger partial charge on any atom is 0.0732 e. The predicted octanol–water partition coefficient (Wildman–Crippen LogP) is 5.48. The van der Waals surface area contributed by atoms with Crippen molar-refractivity contribution in [2.75, 3.05) is 11.9 Å². The molecule has 2 aromatic rings. The average Bonchev–Trinajstić information content (AvgIpc) is 2.35. The van der Waals surface area contributed by atoms with Gasteiger partial charge in [0.25, 0.3) is 0 Å². The molecule has 0 saturated heterocycles. The lowest BCUT2D eigenvalue weighted by Crippen LogP contribution is -2.08. The van der Waals surface area contributed by atoms with Gasteiger partial charge in [-0.15, -0.1) is 0 Å². The first-order valence-electron chi connectivity index (χ1n) is 7.22. The molecule has 2 rings (SSSR count). The molecule has 0 aliphatic rings. The van der Waals surface area contributed by atoms with Crippen molar-refractivity contribution in [3.05, 3.63) is 32.9 Å². The SMILES string of the molecule is CCNc1c(C(C)C)c(C)nc2cc(C)c(Br)c(C)c12. The van der Waals surface area contributed by atoms with E-state index in [1.54, 1.807) is 0 Å². The molecule has 1 aromatic carbocycles. The summed E-state index contributed by atoms with van der Waals surface area (Å²) in [4.78, 5) is 4.84. The van der Waals surface area contributed by atoms with Gasteiger partial charge in [-0.25, -0.2) is 0 Å². The number of aryl methyl sites for hydroxylation is 3. The molecule has 0 unspecified atom stereocenters. The summed E-state index contributed by atoms with van der Waals surface area (Å²) >= 11 is 3.71. The second-order valence-electron chi connectivity index (χ2n) is 5.70. The van der Waals surface area contributed by atoms with E-state index in [1.807, 2.05) is 0 Å². The van der Waals surface area contributed by atoms with Crippen molar-refractivity contribution in [3.63, 3.8) is 0 Å². The third-order valence-corrected chi connectivity index (χ3v) is 5.01. The van der Waals surface area contributed by atoms with Gasteiger partial charge in [-0.1, -0.05) is 29.8 Å². The molecule has 20 heavy (non-hydrogen) atoms. The summed E-state index contributed by atoms with van der Waals surface area (Å²) in [5.74, 6) is 0.459. The van der Waals surface area contributed by atoms with Crippen molar-refractivity contribution in [1.29, 1.82) is 0 Å². The zero-order chi connectivity index (χ0) is 15.0. The first-order chi connectivity index (χ1) is 9.38. The Morgan fingerprint density at radius 1 is 1.25 bits per heavy atom. The Hall–Kier alpha value is -1.09. The van der Waals surface area contributed by atoms with Gasteiger partial charge in [0.15, 0.2) is 0 Å². The number of halogens is 1. The minimum atomic E-state index is 0.459. The molecule has 2 nitrogen and oxygen atoms in total. The van der Waals surface area contributed by atoms with E-state index in [1.165, 1.54) is 32.2 Å². The Morgan fingerprint density at radius 3 is 2.45 bits per heavy atom. The highest BCUT2D eigenvalue weighted by molar-refractivity contribution is 9.10. The smallest absolute Gasteiger partial charge is 0.0732 e. The molecule has 0 fully saturated rings. The standard InChI is InChI=1S/C17H23BrN2/c1-7-19-17-14(9(2)3)12(6)20-13-8-10(4)16(18)11(5)15(13)17/h8-9H,7H2,1-6H3,(H,19,20). The number of nitrogens with one attached hydrogen (secondary N) is 1. The molecular weight excluding hydrogens is 312 g/mol. The van der Waals surface area contributed by atoms with Crippen molar-refractivity contribution in [1.82, 2.24) is 4.98 Å². The first kappa shape index (κ1) is 15.3. The van der Waals surface area contributed by atoms with E-state index < -0.39 is 0 Å². The molecule has 0 atom stereocenters. The maximum atomic E-state index is 4.84. The highest BCUT2D eigenvalue weighted by Gasteiger charge is 2.18. The largest absolute Gasteiger partial charge is 0.384 e. The van der Waals surface area contributed by atoms with Crippen molar-refractivity contribution >= 4 is 32.5 Å². The van der Waals surface area contributed by atoms with Crippen LogP contribution in [0.2, 0.25) is 0 Å². The van der Waals surface area contributed by atoms with Crippen molar-refractivity contribution in [2.45, 2.75) is 47.5 Å². The van der Waals surface area contributed by atoms with Crippen LogP contribution in [-0.2, 0) is 0 Å². The van der Waals surface area contributed by atoms with Crippen LogP contribution in [0.15, 0.2) is 10.5 Å². The van der Waals surface area contributed by atoms with E-state index in [2.05, 4.69) is 68.9 Å². The number of hydrogen-bond acceptors (Lipinski definition) is 2. The first-order valence-corrected chi connectivity index (χ1v) is 8.01. The molecule has 1 aromatic heterocycles. The van der Waals surface area contributed by atoms with Gasteiger partial charge in [0.2, 0.25) is 0 Å². The summed E-state index contributed by atoms with van der Waals surface area (Å²) in [5, 5.41) is 4.82. The lowest BCUT2D eigenvalue weighted by atomic mass is 9.94. The van der Waals surface area contributed by atoms with E-state index >= 15 is 0 Å². The molecule has 3 heteroatoms. The monoisotopic (exact) mass is 334 g/mol. The van der Waals surface area contributed by atoms with Crippen LogP contribution in [-0.4, -0.2) is 11.5 Å². The number of anilines is 1. The summed E-state index contributed by atoms with van der Waals surface area (Å²) in [6.45, 7) is 13.9. The van der Waals surface area contributed by atoms with Crippen LogP contribution in [0.25, 0.3) is 10.9 Å². The van der Waals surface area contributed by atoms with Crippen LogP contribution >= 0.6 is 15.9 Å². The van der Waals surface area contributed by atoms with E-state index in [0.29, 0.717) is 5.92 Å². The van der Waals surface area contributed by atoms with Crippen molar-refractivity contribution < 1.29 is 0 Å². The summed E-state index contributed by atoms with van der Waals surface area (Å²) < 4.78 is 1.18. The quantitative estimate of drug-likeness (QED) is 0.803. The van der Waals surface area contributed by atoms with Gasteiger partial charge < -0.3 is 5.32 Å². The van der Waals surface area contributed by atoms with Crippen LogP contribution in [0.1, 0.15) is 49.1 Å². The van der Waals surface area contributed by atoms with Gasteiger partial charge >= 0.3 is 0 Å². The normalized spacial score (nSPS) is 11.4. The zero-order valence-corrected chi connectivity index (χ0v) is 14.8. The van der Waals surface area contributed by atoms with Gasteiger partial charge in [0.1, 0.15) is 0 Å². The topological polar surface area (TPSA) is 24.9 Å². The minimum absolute atomic E-state index is 0.459. The van der Waals surface area contributed by atoms with Crippen LogP contribution in [0.5, 0.6) is 0 Å². The zero-order valence-electron chi connectivity index (χ0n) is 13.2. The van der Waals surface area contributed by atoms with E-state index in [4.69, 9.17) is 4.98 Å². The average molecular weight is 335 g/mol. The molecule has 1 N–H and O–H groups in total. The fourth-order valence-corrected chi connectivity index (χ4v) is 3.28. The number of aromatic nitrogens is 1. The van der Waals surface area contributed by atoms with Crippen LogP contribution in [0.3, 0.4) is 0 Å². The maximum absolute atomic E-state index is 4.84. The highest BCUT2D eigenvalue weighted by atomic mass is 79.9. The molecule has 108 valence electrons. The Morgan fingerprint density at radius 2 is 1.90 bits per heavy atom. The number of hydrogen-bond donors (Lipinski definition) is 1. The Labute approximate surface area is 130 Å². The van der Waals surface area contributed by atoms with Crippen molar-refractivity contribution in [3.8, 4) is 0 Å². The van der Waals surface area contributed by atoms with E-state index in [0.717, 1.165) is 17.8 Å². The minimum Gasteiger partial charge on any atom is -0.384 e. The second kappa shape index (κ2) is 5.72. The third kappa shape index (κ3) is 2.44. The summed E-state index contributed by atoms with van der Waals surface area (Å²) in [7, 11) is 0. The van der Waals surface area contributed by atoms with Crippen LogP contribution in [0, 0.1) is 20.8 Å². The fourth-order valence-electron chi connectivity index (χ4n) is 2.97. The van der Waals surface area contributed by atoms with Crippen LogP contribution in [0.4, 0.5) is 5.69 Å². The molecule has 0 aliphatic heterocycles. The number of rotatable bonds is 3. The van der Waals surface area contributed by atoms with Gasteiger partial charge in [-0.05, 0) is 56.4 Å². The number of benzene rings is 1. The molecule has 0 spiro atoms. The molecular formula is C17H23BrN2. The van der Waals surface area contributed by atoms with E-state index in [9.17, 15) is 0 Å². The number of pyridine rings is 1. The molecule has 0 amide bonds. The lowest BCUT2D eigenvalue weighted by Gasteiger charge is -2.21. The molecule has 0 bridgehead atoms.